The first kappa shape index (κ1) is 13.1. The Morgan fingerprint density at radius 3 is 2.00 bits per heavy atom. The van der Waals surface area contributed by atoms with Gasteiger partial charge in [-0.15, -0.1) is 0 Å². The molecule has 2 aromatic rings. The molecule has 18 heavy (non-hydrogen) atoms. The van der Waals surface area contributed by atoms with Gasteiger partial charge in [-0.05, 0) is 35.2 Å². The minimum atomic E-state index is 0.482. The van der Waals surface area contributed by atoms with E-state index in [-0.39, 0.29) is 0 Å². The molecule has 0 bridgehead atoms. The number of benzene rings is 1. The predicted octanol–water partition coefficient (Wildman–Crippen LogP) is 4.78. The van der Waals surface area contributed by atoms with Gasteiger partial charge in [-0.25, -0.2) is 0 Å². The van der Waals surface area contributed by atoms with Gasteiger partial charge in [0.05, 0.1) is 5.69 Å². The summed E-state index contributed by atoms with van der Waals surface area (Å²) in [6.45, 7) is 8.89. The van der Waals surface area contributed by atoms with Crippen LogP contribution in [0.1, 0.15) is 50.7 Å². The van der Waals surface area contributed by atoms with E-state index in [4.69, 9.17) is 12.2 Å². The van der Waals surface area contributed by atoms with Crippen LogP contribution < -0.4 is 0 Å². The second-order valence-electron chi connectivity index (χ2n) is 5.23. The summed E-state index contributed by atoms with van der Waals surface area (Å²) in [6.07, 6.45) is 3.90. The van der Waals surface area contributed by atoms with Crippen LogP contribution >= 0.6 is 12.2 Å². The molecule has 0 fully saturated rings. The summed E-state index contributed by atoms with van der Waals surface area (Å²) in [5.41, 5.74) is 3.93. The molecule has 0 aliphatic rings. The third-order valence-electron chi connectivity index (χ3n) is 3.23. The summed E-state index contributed by atoms with van der Waals surface area (Å²) in [7, 11) is 0. The van der Waals surface area contributed by atoms with E-state index >= 15 is 0 Å². The molecule has 1 aromatic heterocycles. The molecule has 0 aliphatic heterocycles. The Bertz CT molecular complexity index is 564. The number of hydrogen-bond acceptors (Lipinski definition) is 1. The smallest absolute Gasteiger partial charge is 0.181 e. The Balaban J connectivity index is 2.77. The molecule has 1 heterocycles. The van der Waals surface area contributed by atoms with Gasteiger partial charge in [0.15, 0.2) is 4.77 Å². The van der Waals surface area contributed by atoms with Crippen molar-refractivity contribution >= 4 is 12.2 Å². The number of hydrogen-bond donors (Lipinski definition) is 1. The first-order chi connectivity index (χ1) is 8.52. The van der Waals surface area contributed by atoms with Gasteiger partial charge in [-0.3, -0.25) is 4.57 Å². The van der Waals surface area contributed by atoms with Crippen molar-refractivity contribution < 1.29 is 0 Å². The van der Waals surface area contributed by atoms with Crippen molar-refractivity contribution in [2.75, 3.05) is 0 Å². The topological polar surface area (TPSA) is 20.7 Å². The van der Waals surface area contributed by atoms with Crippen LogP contribution in [-0.4, -0.2) is 9.55 Å². The number of imidazole rings is 1. The molecular weight excluding hydrogens is 240 g/mol. The summed E-state index contributed by atoms with van der Waals surface area (Å²) in [5.74, 6) is 0.964. The molecule has 0 unspecified atom stereocenters. The van der Waals surface area contributed by atoms with E-state index in [2.05, 4.69) is 55.4 Å². The zero-order chi connectivity index (χ0) is 13.3. The highest BCUT2D eigenvalue weighted by molar-refractivity contribution is 7.71. The predicted molar refractivity (Wildman–Crippen MR) is 79.1 cm³/mol. The lowest BCUT2D eigenvalue weighted by Gasteiger charge is -2.20. The van der Waals surface area contributed by atoms with Crippen molar-refractivity contribution in [2.24, 2.45) is 0 Å². The summed E-state index contributed by atoms with van der Waals surface area (Å²) < 4.78 is 2.84. The first-order valence-electron chi connectivity index (χ1n) is 6.41. The first-order valence-corrected chi connectivity index (χ1v) is 6.82. The summed E-state index contributed by atoms with van der Waals surface area (Å²) in [6, 6.07) is 6.53. The molecule has 0 amide bonds. The molecule has 0 saturated heterocycles. The Morgan fingerprint density at radius 1 is 1.06 bits per heavy atom. The molecule has 3 heteroatoms. The van der Waals surface area contributed by atoms with Crippen LogP contribution in [0.3, 0.4) is 0 Å². The van der Waals surface area contributed by atoms with Crippen molar-refractivity contribution in [1.29, 1.82) is 0 Å². The molecule has 0 atom stereocenters. The fourth-order valence-electron chi connectivity index (χ4n) is 2.29. The quantitative estimate of drug-likeness (QED) is 0.787. The van der Waals surface area contributed by atoms with Crippen molar-refractivity contribution in [1.82, 2.24) is 9.55 Å². The van der Waals surface area contributed by atoms with Crippen LogP contribution in [0.15, 0.2) is 30.6 Å². The maximum Gasteiger partial charge on any atom is 0.181 e. The van der Waals surface area contributed by atoms with Gasteiger partial charge in [-0.2, -0.15) is 0 Å². The molecule has 0 aliphatic carbocycles. The fraction of sp³-hybridized carbons (Fsp3) is 0.400. The molecule has 2 rings (SSSR count). The lowest BCUT2D eigenvalue weighted by atomic mass is 9.92. The highest BCUT2D eigenvalue weighted by Crippen LogP contribution is 2.30. The molecule has 1 aromatic carbocycles. The number of para-hydroxylation sites is 1. The van der Waals surface area contributed by atoms with E-state index in [1.54, 1.807) is 0 Å². The van der Waals surface area contributed by atoms with E-state index in [0.29, 0.717) is 11.8 Å². The molecule has 0 radical (unpaired) electrons. The van der Waals surface area contributed by atoms with Crippen LogP contribution in [0, 0.1) is 4.77 Å². The Hall–Kier alpha value is -1.35. The Labute approximate surface area is 114 Å². The molecular formula is C15H20N2S. The van der Waals surface area contributed by atoms with Crippen molar-refractivity contribution in [3.8, 4) is 5.69 Å². The molecule has 2 nitrogen and oxygen atoms in total. The average Bonchev–Trinajstić information content (AvgIpc) is 2.74. The van der Waals surface area contributed by atoms with Gasteiger partial charge in [0, 0.05) is 12.4 Å². The maximum absolute atomic E-state index is 5.37. The van der Waals surface area contributed by atoms with Gasteiger partial charge >= 0.3 is 0 Å². The van der Waals surface area contributed by atoms with E-state index < -0.39 is 0 Å². The lowest BCUT2D eigenvalue weighted by Crippen LogP contribution is -2.06. The monoisotopic (exact) mass is 260 g/mol. The van der Waals surface area contributed by atoms with Gasteiger partial charge in [0.2, 0.25) is 0 Å². The van der Waals surface area contributed by atoms with E-state index in [0.717, 1.165) is 4.77 Å². The Morgan fingerprint density at radius 2 is 1.61 bits per heavy atom. The molecule has 96 valence electrons. The number of nitrogens with one attached hydrogen (secondary N) is 1. The second kappa shape index (κ2) is 5.11. The van der Waals surface area contributed by atoms with Crippen LogP contribution in [0.5, 0.6) is 0 Å². The highest BCUT2D eigenvalue weighted by Gasteiger charge is 2.15. The van der Waals surface area contributed by atoms with Crippen LogP contribution in [-0.2, 0) is 0 Å². The molecule has 0 saturated carbocycles. The number of rotatable bonds is 3. The van der Waals surface area contributed by atoms with Crippen LogP contribution in [0.25, 0.3) is 5.69 Å². The normalized spacial score (nSPS) is 11.4. The zero-order valence-corrected chi connectivity index (χ0v) is 12.2. The Kier molecular flexibility index (Phi) is 3.71. The van der Waals surface area contributed by atoms with Crippen LogP contribution in [0.4, 0.5) is 0 Å². The molecule has 1 N–H and O–H groups in total. The van der Waals surface area contributed by atoms with Crippen LogP contribution in [0.2, 0.25) is 0 Å². The summed E-state index contributed by atoms with van der Waals surface area (Å²) >= 11 is 5.37. The van der Waals surface area contributed by atoms with Crippen molar-refractivity contribution in [2.45, 2.75) is 39.5 Å². The average molecular weight is 260 g/mol. The van der Waals surface area contributed by atoms with E-state index in [1.165, 1.54) is 16.8 Å². The van der Waals surface area contributed by atoms with Gasteiger partial charge < -0.3 is 4.98 Å². The fourth-order valence-corrected chi connectivity index (χ4v) is 2.51. The zero-order valence-electron chi connectivity index (χ0n) is 11.4. The van der Waals surface area contributed by atoms with E-state index in [9.17, 15) is 0 Å². The summed E-state index contributed by atoms with van der Waals surface area (Å²) in [4.78, 5) is 3.08. The lowest BCUT2D eigenvalue weighted by molar-refractivity contribution is 0.802. The standard InChI is InChI=1S/C15H20N2S/c1-10(2)12-6-5-7-13(11(3)4)14(12)17-9-8-16-15(17)18/h5-11H,1-4H3,(H,16,18). The number of aromatic nitrogens is 2. The summed E-state index contributed by atoms with van der Waals surface area (Å²) in [5, 5.41) is 0. The third-order valence-corrected chi connectivity index (χ3v) is 3.55. The number of aromatic amines is 1. The van der Waals surface area contributed by atoms with Gasteiger partial charge in [0.25, 0.3) is 0 Å². The highest BCUT2D eigenvalue weighted by atomic mass is 32.1. The minimum absolute atomic E-state index is 0.482. The number of H-pyrrole nitrogens is 1. The third kappa shape index (κ3) is 2.27. The van der Waals surface area contributed by atoms with Crippen molar-refractivity contribution in [3.05, 3.63) is 46.5 Å². The van der Waals surface area contributed by atoms with E-state index in [1.807, 2.05) is 12.4 Å². The minimum Gasteiger partial charge on any atom is -0.337 e. The molecule has 0 spiro atoms. The van der Waals surface area contributed by atoms with Gasteiger partial charge in [-0.1, -0.05) is 45.9 Å². The maximum atomic E-state index is 5.37. The largest absolute Gasteiger partial charge is 0.337 e. The van der Waals surface area contributed by atoms with Crippen molar-refractivity contribution in [3.63, 3.8) is 0 Å². The van der Waals surface area contributed by atoms with Gasteiger partial charge in [0.1, 0.15) is 0 Å². The SMILES string of the molecule is CC(C)c1cccc(C(C)C)c1-n1cc[nH]c1=S. The second-order valence-corrected chi connectivity index (χ2v) is 5.62. The number of nitrogens with zero attached hydrogens (tertiary/aromatic N) is 1.